The van der Waals surface area contributed by atoms with Crippen LogP contribution in [0.15, 0.2) is 53.1 Å². The van der Waals surface area contributed by atoms with Crippen molar-refractivity contribution in [1.29, 1.82) is 0 Å². The SMILES string of the molecule is CCc1ccc(OCCCC(=O)NC(Cc2c[nH]c3ccccc23)C(=O)O)c(Br)c1. The number of aromatic amines is 1. The summed E-state index contributed by atoms with van der Waals surface area (Å²) >= 11 is 3.49. The van der Waals surface area contributed by atoms with Gasteiger partial charge in [-0.3, -0.25) is 4.79 Å². The Bertz CT molecular complexity index is 1030. The lowest BCUT2D eigenvalue weighted by molar-refractivity contribution is -0.141. The van der Waals surface area contributed by atoms with Crippen LogP contribution in [0.3, 0.4) is 0 Å². The van der Waals surface area contributed by atoms with Crippen LogP contribution in [-0.2, 0) is 22.4 Å². The van der Waals surface area contributed by atoms with Gasteiger partial charge in [0.25, 0.3) is 0 Å². The molecule has 3 N–H and O–H groups in total. The standard InChI is InChI=1S/C23H25BrN2O4/c1-2-15-9-10-21(18(24)12-15)30-11-5-8-22(27)26-20(23(28)29)13-16-14-25-19-7-4-3-6-17(16)19/h3-4,6-7,9-10,12,14,20,25H,2,5,8,11,13H2,1H3,(H,26,27)(H,28,29). The van der Waals surface area contributed by atoms with Crippen LogP contribution >= 0.6 is 15.9 Å². The van der Waals surface area contributed by atoms with Crippen LogP contribution in [0.25, 0.3) is 10.9 Å². The number of carboxylic acid groups (broad SMARTS) is 1. The van der Waals surface area contributed by atoms with Gasteiger partial charge in [-0.1, -0.05) is 31.2 Å². The second kappa shape index (κ2) is 10.3. The third-order valence-corrected chi connectivity index (χ3v) is 5.56. The lowest BCUT2D eigenvalue weighted by Crippen LogP contribution is -2.42. The van der Waals surface area contributed by atoms with Crippen molar-refractivity contribution >= 4 is 38.7 Å². The fraction of sp³-hybridized carbons (Fsp3) is 0.304. The van der Waals surface area contributed by atoms with E-state index < -0.39 is 12.0 Å². The quantitative estimate of drug-likeness (QED) is 0.379. The molecule has 3 aromatic rings. The van der Waals surface area contributed by atoms with Gasteiger partial charge >= 0.3 is 5.97 Å². The number of rotatable bonds is 10. The topological polar surface area (TPSA) is 91.4 Å². The van der Waals surface area contributed by atoms with Crippen molar-refractivity contribution in [2.24, 2.45) is 0 Å². The molecule has 1 amide bonds. The van der Waals surface area contributed by atoms with E-state index >= 15 is 0 Å². The molecule has 1 heterocycles. The number of ether oxygens (including phenoxy) is 1. The van der Waals surface area contributed by atoms with Gasteiger partial charge in [0.1, 0.15) is 11.8 Å². The zero-order chi connectivity index (χ0) is 21.5. The molecule has 0 saturated carbocycles. The van der Waals surface area contributed by atoms with E-state index in [4.69, 9.17) is 4.74 Å². The fourth-order valence-corrected chi connectivity index (χ4v) is 3.82. The Kier molecular flexibility index (Phi) is 7.52. The van der Waals surface area contributed by atoms with E-state index in [0.29, 0.717) is 13.0 Å². The van der Waals surface area contributed by atoms with Crippen molar-refractivity contribution in [3.8, 4) is 5.75 Å². The van der Waals surface area contributed by atoms with E-state index in [-0.39, 0.29) is 18.7 Å². The van der Waals surface area contributed by atoms with E-state index in [1.165, 1.54) is 5.56 Å². The number of aromatic nitrogens is 1. The van der Waals surface area contributed by atoms with Gasteiger partial charge in [0.15, 0.2) is 0 Å². The number of para-hydroxylation sites is 1. The summed E-state index contributed by atoms with van der Waals surface area (Å²) in [5.41, 5.74) is 3.02. The largest absolute Gasteiger partial charge is 0.492 e. The molecule has 0 saturated heterocycles. The molecule has 3 rings (SSSR count). The Morgan fingerprint density at radius 1 is 1.23 bits per heavy atom. The minimum absolute atomic E-state index is 0.197. The summed E-state index contributed by atoms with van der Waals surface area (Å²) in [4.78, 5) is 27.0. The number of benzene rings is 2. The highest BCUT2D eigenvalue weighted by molar-refractivity contribution is 9.10. The van der Waals surface area contributed by atoms with Crippen LogP contribution in [-0.4, -0.2) is 34.6 Å². The smallest absolute Gasteiger partial charge is 0.326 e. The number of nitrogens with one attached hydrogen (secondary N) is 2. The summed E-state index contributed by atoms with van der Waals surface area (Å²) in [5.74, 6) is -0.619. The Hall–Kier alpha value is -2.80. The Morgan fingerprint density at radius 2 is 2.03 bits per heavy atom. The summed E-state index contributed by atoms with van der Waals surface area (Å²) in [6, 6.07) is 12.6. The van der Waals surface area contributed by atoms with E-state index in [1.807, 2.05) is 42.5 Å². The lowest BCUT2D eigenvalue weighted by atomic mass is 10.0. The second-order valence-electron chi connectivity index (χ2n) is 7.09. The Balaban J connectivity index is 1.49. The minimum atomic E-state index is -1.05. The maximum atomic E-state index is 12.3. The molecule has 1 unspecified atom stereocenters. The van der Waals surface area contributed by atoms with Crippen LogP contribution in [0, 0.1) is 0 Å². The summed E-state index contributed by atoms with van der Waals surface area (Å²) in [5, 5.41) is 13.1. The first-order valence-electron chi connectivity index (χ1n) is 9.96. The molecule has 1 atom stereocenters. The van der Waals surface area contributed by atoms with E-state index in [0.717, 1.165) is 33.1 Å². The number of hydrogen-bond donors (Lipinski definition) is 3. The predicted octanol–water partition coefficient (Wildman–Crippen LogP) is 4.46. The molecule has 0 aliphatic heterocycles. The zero-order valence-corrected chi connectivity index (χ0v) is 18.4. The van der Waals surface area contributed by atoms with Crippen molar-refractivity contribution in [1.82, 2.24) is 10.3 Å². The monoisotopic (exact) mass is 472 g/mol. The van der Waals surface area contributed by atoms with Crippen molar-refractivity contribution in [2.45, 2.75) is 38.6 Å². The van der Waals surface area contributed by atoms with Crippen LogP contribution in [0.1, 0.15) is 30.9 Å². The molecule has 0 spiro atoms. The molecule has 0 bridgehead atoms. The molecule has 0 radical (unpaired) electrons. The Morgan fingerprint density at radius 3 is 2.77 bits per heavy atom. The van der Waals surface area contributed by atoms with E-state index in [2.05, 4.69) is 33.2 Å². The lowest BCUT2D eigenvalue weighted by Gasteiger charge is -2.14. The summed E-state index contributed by atoms with van der Waals surface area (Å²) in [6.07, 6.45) is 3.65. The number of fused-ring (bicyclic) bond motifs is 1. The number of carboxylic acids is 1. The van der Waals surface area contributed by atoms with Gasteiger partial charge in [0, 0.05) is 29.9 Å². The van der Waals surface area contributed by atoms with Crippen LogP contribution in [0.4, 0.5) is 0 Å². The first-order valence-corrected chi connectivity index (χ1v) is 10.8. The number of halogens is 1. The Labute approximate surface area is 183 Å². The molecular formula is C23H25BrN2O4. The van der Waals surface area contributed by atoms with E-state index in [9.17, 15) is 14.7 Å². The molecule has 6 nitrogen and oxygen atoms in total. The average Bonchev–Trinajstić information content (AvgIpc) is 3.14. The molecule has 1 aromatic heterocycles. The number of amides is 1. The van der Waals surface area contributed by atoms with Crippen molar-refractivity contribution in [3.05, 3.63) is 64.3 Å². The normalized spacial score (nSPS) is 11.9. The summed E-state index contributed by atoms with van der Waals surface area (Å²) in [7, 11) is 0. The van der Waals surface area contributed by atoms with Crippen LogP contribution in [0.2, 0.25) is 0 Å². The number of aliphatic carboxylic acids is 1. The first kappa shape index (κ1) is 21.9. The third-order valence-electron chi connectivity index (χ3n) is 4.94. The third kappa shape index (κ3) is 5.63. The van der Waals surface area contributed by atoms with Gasteiger partial charge in [-0.15, -0.1) is 0 Å². The maximum absolute atomic E-state index is 12.3. The number of hydrogen-bond acceptors (Lipinski definition) is 3. The number of carbonyl (C=O) groups is 2. The number of H-pyrrole nitrogens is 1. The molecule has 158 valence electrons. The van der Waals surface area contributed by atoms with Gasteiger partial charge in [-0.25, -0.2) is 4.79 Å². The molecule has 30 heavy (non-hydrogen) atoms. The molecule has 0 aliphatic rings. The molecule has 0 fully saturated rings. The van der Waals surface area contributed by atoms with E-state index in [1.54, 1.807) is 6.20 Å². The van der Waals surface area contributed by atoms with Crippen molar-refractivity contribution < 1.29 is 19.4 Å². The fourth-order valence-electron chi connectivity index (χ4n) is 3.28. The number of aryl methyl sites for hydroxylation is 1. The molecular weight excluding hydrogens is 448 g/mol. The highest BCUT2D eigenvalue weighted by Crippen LogP contribution is 2.26. The molecule has 7 heteroatoms. The highest BCUT2D eigenvalue weighted by Gasteiger charge is 2.21. The predicted molar refractivity (Wildman–Crippen MR) is 120 cm³/mol. The molecule has 0 aliphatic carbocycles. The van der Waals surface area contributed by atoms with Gasteiger partial charge < -0.3 is 20.1 Å². The summed E-state index contributed by atoms with van der Waals surface area (Å²) in [6.45, 7) is 2.46. The van der Waals surface area contributed by atoms with Gasteiger partial charge in [-0.05, 0) is 58.1 Å². The zero-order valence-electron chi connectivity index (χ0n) is 16.8. The van der Waals surface area contributed by atoms with Crippen LogP contribution < -0.4 is 10.1 Å². The second-order valence-corrected chi connectivity index (χ2v) is 7.95. The highest BCUT2D eigenvalue weighted by atomic mass is 79.9. The summed E-state index contributed by atoms with van der Waals surface area (Å²) < 4.78 is 6.61. The number of carbonyl (C=O) groups excluding carboxylic acids is 1. The van der Waals surface area contributed by atoms with Crippen LogP contribution in [0.5, 0.6) is 5.75 Å². The average molecular weight is 473 g/mol. The minimum Gasteiger partial charge on any atom is -0.492 e. The van der Waals surface area contributed by atoms with Crippen molar-refractivity contribution in [3.63, 3.8) is 0 Å². The molecule has 2 aromatic carbocycles. The van der Waals surface area contributed by atoms with Gasteiger partial charge in [0.05, 0.1) is 11.1 Å². The van der Waals surface area contributed by atoms with Crippen molar-refractivity contribution in [2.75, 3.05) is 6.61 Å². The first-order chi connectivity index (χ1) is 14.5. The van der Waals surface area contributed by atoms with Gasteiger partial charge in [0.2, 0.25) is 5.91 Å². The van der Waals surface area contributed by atoms with Gasteiger partial charge in [-0.2, -0.15) is 0 Å². The maximum Gasteiger partial charge on any atom is 0.326 e.